The van der Waals surface area contributed by atoms with E-state index in [-0.39, 0.29) is 12.5 Å². The number of aryl methyl sites for hydroxylation is 3. The highest BCUT2D eigenvalue weighted by atomic mass is 32.1. The van der Waals surface area contributed by atoms with Crippen LogP contribution >= 0.6 is 11.3 Å². The molecule has 1 N–H and O–H groups in total. The van der Waals surface area contributed by atoms with Gasteiger partial charge >= 0.3 is 6.18 Å². The molecule has 1 aliphatic heterocycles. The Morgan fingerprint density at radius 3 is 2.45 bits per heavy atom. The lowest BCUT2D eigenvalue weighted by Crippen LogP contribution is -2.48. The first-order valence-electron chi connectivity index (χ1n) is 11.0. The first-order chi connectivity index (χ1) is 15.6. The SMILES string of the molecule is Cc1cc(C)c(-c2csc(NC(=O)CN3CCN(CCCOCC(F)(F)F)CC3)n2)cc1C. The van der Waals surface area contributed by atoms with Gasteiger partial charge in [-0.25, -0.2) is 4.98 Å². The maximum atomic E-state index is 12.5. The zero-order valence-corrected chi connectivity index (χ0v) is 20.1. The quantitative estimate of drug-likeness (QED) is 0.539. The van der Waals surface area contributed by atoms with E-state index in [1.807, 2.05) is 5.38 Å². The van der Waals surface area contributed by atoms with Gasteiger partial charge in [0.15, 0.2) is 5.13 Å². The fourth-order valence-corrected chi connectivity index (χ4v) is 4.53. The number of thiazole rings is 1. The molecule has 0 spiro atoms. The summed E-state index contributed by atoms with van der Waals surface area (Å²) < 4.78 is 40.9. The van der Waals surface area contributed by atoms with E-state index < -0.39 is 12.8 Å². The van der Waals surface area contributed by atoms with Crippen molar-refractivity contribution >= 4 is 22.4 Å². The fourth-order valence-electron chi connectivity index (χ4n) is 3.80. The van der Waals surface area contributed by atoms with Crippen LogP contribution in [0.5, 0.6) is 0 Å². The number of hydrogen-bond donors (Lipinski definition) is 1. The standard InChI is InChI=1S/C23H31F3N4O2S/c1-16-11-18(3)19(12-17(16)2)20-14-33-22(27-20)28-21(31)13-30-8-6-29(7-9-30)5-4-10-32-15-23(24,25)26/h11-12,14H,4-10,13,15H2,1-3H3,(H,27,28,31). The van der Waals surface area contributed by atoms with E-state index in [0.717, 1.165) is 43.0 Å². The molecule has 2 aromatic rings. The smallest absolute Gasteiger partial charge is 0.372 e. The number of piperazine rings is 1. The third-order valence-corrected chi connectivity index (χ3v) is 6.49. The van der Waals surface area contributed by atoms with Gasteiger partial charge < -0.3 is 15.0 Å². The van der Waals surface area contributed by atoms with Gasteiger partial charge in [0, 0.05) is 50.3 Å². The second kappa shape index (κ2) is 11.4. The number of anilines is 1. The van der Waals surface area contributed by atoms with E-state index >= 15 is 0 Å². The van der Waals surface area contributed by atoms with E-state index in [4.69, 9.17) is 0 Å². The van der Waals surface area contributed by atoms with Crippen LogP contribution in [0.3, 0.4) is 0 Å². The number of benzene rings is 1. The molecule has 6 nitrogen and oxygen atoms in total. The van der Waals surface area contributed by atoms with Gasteiger partial charge in [-0.15, -0.1) is 11.3 Å². The van der Waals surface area contributed by atoms with E-state index in [1.54, 1.807) is 0 Å². The Balaban J connectivity index is 1.39. The van der Waals surface area contributed by atoms with Crippen LogP contribution in [0.2, 0.25) is 0 Å². The number of nitrogens with zero attached hydrogens (tertiary/aromatic N) is 3. The number of aromatic nitrogens is 1. The number of amides is 1. The Hall–Kier alpha value is -2.01. The molecule has 2 heterocycles. The summed E-state index contributed by atoms with van der Waals surface area (Å²) in [6.45, 7) is 9.15. The minimum Gasteiger partial charge on any atom is -0.372 e. The molecular weight excluding hydrogens is 453 g/mol. The van der Waals surface area contributed by atoms with Crippen LogP contribution in [-0.4, -0.2) is 79.3 Å². The van der Waals surface area contributed by atoms with Gasteiger partial charge in [-0.2, -0.15) is 13.2 Å². The monoisotopic (exact) mass is 484 g/mol. The van der Waals surface area contributed by atoms with Crippen molar-refractivity contribution in [2.24, 2.45) is 0 Å². The molecule has 10 heteroatoms. The topological polar surface area (TPSA) is 57.7 Å². The largest absolute Gasteiger partial charge is 0.411 e. The number of carbonyl (C=O) groups is 1. The van der Waals surface area contributed by atoms with Gasteiger partial charge in [0.2, 0.25) is 5.91 Å². The molecule has 0 unspecified atom stereocenters. The van der Waals surface area contributed by atoms with Crippen LogP contribution < -0.4 is 5.32 Å². The van der Waals surface area contributed by atoms with Crippen molar-refractivity contribution in [1.29, 1.82) is 0 Å². The van der Waals surface area contributed by atoms with Gasteiger partial charge in [-0.3, -0.25) is 9.69 Å². The van der Waals surface area contributed by atoms with Crippen LogP contribution in [0.4, 0.5) is 18.3 Å². The van der Waals surface area contributed by atoms with Crippen molar-refractivity contribution in [2.45, 2.75) is 33.4 Å². The van der Waals surface area contributed by atoms with Gasteiger partial charge in [-0.05, 0) is 49.9 Å². The van der Waals surface area contributed by atoms with Crippen molar-refractivity contribution in [3.63, 3.8) is 0 Å². The van der Waals surface area contributed by atoms with Crippen LogP contribution in [0.25, 0.3) is 11.3 Å². The molecule has 3 rings (SSSR count). The Morgan fingerprint density at radius 1 is 1.09 bits per heavy atom. The molecule has 1 aromatic carbocycles. The summed E-state index contributed by atoms with van der Waals surface area (Å²) in [4.78, 5) is 21.4. The lowest BCUT2D eigenvalue weighted by Gasteiger charge is -2.34. The van der Waals surface area contributed by atoms with E-state index in [9.17, 15) is 18.0 Å². The molecule has 1 saturated heterocycles. The Morgan fingerprint density at radius 2 is 1.76 bits per heavy atom. The molecule has 0 radical (unpaired) electrons. The normalized spacial score (nSPS) is 15.7. The Kier molecular flexibility index (Phi) is 8.86. The highest BCUT2D eigenvalue weighted by Crippen LogP contribution is 2.29. The minimum absolute atomic E-state index is 0.0956. The lowest BCUT2D eigenvalue weighted by atomic mass is 9.99. The number of rotatable bonds is 9. The molecule has 0 atom stereocenters. The maximum Gasteiger partial charge on any atom is 0.411 e. The number of alkyl halides is 3. The minimum atomic E-state index is -4.27. The van der Waals surface area contributed by atoms with Crippen LogP contribution in [0.1, 0.15) is 23.1 Å². The zero-order chi connectivity index (χ0) is 24.0. The molecule has 1 fully saturated rings. The van der Waals surface area contributed by atoms with Crippen molar-refractivity contribution in [2.75, 3.05) is 57.8 Å². The molecule has 1 aromatic heterocycles. The second-order valence-electron chi connectivity index (χ2n) is 8.48. The zero-order valence-electron chi connectivity index (χ0n) is 19.3. The Bertz CT molecular complexity index is 940. The maximum absolute atomic E-state index is 12.5. The first-order valence-corrected chi connectivity index (χ1v) is 11.9. The van der Waals surface area contributed by atoms with Crippen molar-refractivity contribution < 1.29 is 22.7 Å². The first kappa shape index (κ1) is 25.6. The van der Waals surface area contributed by atoms with E-state index in [1.165, 1.54) is 22.5 Å². The van der Waals surface area contributed by atoms with Crippen molar-refractivity contribution in [1.82, 2.24) is 14.8 Å². The average Bonchev–Trinajstić information content (AvgIpc) is 3.18. The Labute approximate surface area is 196 Å². The predicted molar refractivity (Wildman–Crippen MR) is 125 cm³/mol. The van der Waals surface area contributed by atoms with Gasteiger partial charge in [-0.1, -0.05) is 6.07 Å². The van der Waals surface area contributed by atoms with Crippen molar-refractivity contribution in [3.8, 4) is 11.3 Å². The van der Waals surface area contributed by atoms with E-state index in [0.29, 0.717) is 24.6 Å². The van der Waals surface area contributed by atoms with E-state index in [2.05, 4.69) is 57.7 Å². The third kappa shape index (κ3) is 8.06. The van der Waals surface area contributed by atoms with Crippen LogP contribution in [0.15, 0.2) is 17.5 Å². The van der Waals surface area contributed by atoms with Crippen LogP contribution in [0, 0.1) is 20.8 Å². The molecular formula is C23H31F3N4O2S. The summed E-state index contributed by atoms with van der Waals surface area (Å²) >= 11 is 1.42. The molecule has 182 valence electrons. The molecule has 1 aliphatic rings. The third-order valence-electron chi connectivity index (χ3n) is 5.73. The molecule has 1 amide bonds. The highest BCUT2D eigenvalue weighted by Gasteiger charge is 2.27. The summed E-state index contributed by atoms with van der Waals surface area (Å²) in [5.74, 6) is -0.0956. The molecule has 0 aliphatic carbocycles. The number of carbonyl (C=O) groups excluding carboxylic acids is 1. The summed E-state index contributed by atoms with van der Waals surface area (Å²) in [7, 11) is 0. The van der Waals surface area contributed by atoms with Crippen molar-refractivity contribution in [3.05, 3.63) is 34.2 Å². The average molecular weight is 485 g/mol. The number of hydrogen-bond acceptors (Lipinski definition) is 6. The molecule has 33 heavy (non-hydrogen) atoms. The predicted octanol–water partition coefficient (Wildman–Crippen LogP) is 4.26. The van der Waals surface area contributed by atoms with Gasteiger partial charge in [0.25, 0.3) is 0 Å². The van der Waals surface area contributed by atoms with Crippen LogP contribution in [-0.2, 0) is 9.53 Å². The summed E-state index contributed by atoms with van der Waals surface area (Å²) in [6, 6.07) is 4.28. The molecule has 0 saturated carbocycles. The summed E-state index contributed by atoms with van der Waals surface area (Å²) in [5, 5.41) is 5.45. The lowest BCUT2D eigenvalue weighted by molar-refractivity contribution is -0.174. The van der Waals surface area contributed by atoms with Gasteiger partial charge in [0.05, 0.1) is 12.2 Å². The second-order valence-corrected chi connectivity index (χ2v) is 9.33. The highest BCUT2D eigenvalue weighted by molar-refractivity contribution is 7.14. The number of nitrogens with one attached hydrogen (secondary N) is 1. The number of ether oxygens (including phenoxy) is 1. The summed E-state index contributed by atoms with van der Waals surface area (Å²) in [5.41, 5.74) is 5.56. The summed E-state index contributed by atoms with van der Waals surface area (Å²) in [6.07, 6.45) is -3.71. The number of halogens is 3. The fraction of sp³-hybridized carbons (Fsp3) is 0.565. The van der Waals surface area contributed by atoms with Gasteiger partial charge in [0.1, 0.15) is 6.61 Å². The molecule has 0 bridgehead atoms.